The number of amides is 1. The number of hydrogen-bond donors (Lipinski definition) is 1. The molecule has 1 aromatic carbocycles. The minimum absolute atomic E-state index is 0.00636. The molecule has 0 aliphatic carbocycles. The van der Waals surface area contributed by atoms with Crippen LogP contribution >= 0.6 is 11.6 Å². The van der Waals surface area contributed by atoms with Crippen molar-refractivity contribution in [1.82, 2.24) is 10.2 Å². The number of alkyl halides is 1. The molecule has 1 saturated heterocycles. The van der Waals surface area contributed by atoms with Crippen molar-refractivity contribution in [1.29, 1.82) is 0 Å². The van der Waals surface area contributed by atoms with Crippen LogP contribution in [0.2, 0.25) is 0 Å². The number of rotatable bonds is 2. The summed E-state index contributed by atoms with van der Waals surface area (Å²) in [5.74, 6) is 0.00636. The second-order valence-corrected chi connectivity index (χ2v) is 4.79. The third-order valence-corrected chi connectivity index (χ3v) is 3.53. The van der Waals surface area contributed by atoms with E-state index in [1.54, 1.807) is 0 Å². The Morgan fingerprint density at radius 1 is 1.47 bits per heavy atom. The lowest BCUT2D eigenvalue weighted by atomic mass is 10.1. The number of carbonyl (C=O) groups excluding carboxylic acids is 1. The van der Waals surface area contributed by atoms with Gasteiger partial charge in [0, 0.05) is 25.7 Å². The van der Waals surface area contributed by atoms with Crippen LogP contribution < -0.4 is 5.32 Å². The number of piperazine rings is 1. The van der Waals surface area contributed by atoms with Crippen molar-refractivity contribution in [3.8, 4) is 0 Å². The van der Waals surface area contributed by atoms with Crippen LogP contribution in [0.4, 0.5) is 0 Å². The zero-order valence-corrected chi connectivity index (χ0v) is 10.7. The van der Waals surface area contributed by atoms with Crippen molar-refractivity contribution < 1.29 is 4.79 Å². The Bertz CT molecular complexity index is 382. The van der Waals surface area contributed by atoms with Gasteiger partial charge in [0.2, 0.25) is 5.91 Å². The number of hydrogen-bond acceptors (Lipinski definition) is 2. The SMILES string of the molecule is CC1CNCCN1C(=O)C(Cl)c1ccccc1. The maximum Gasteiger partial charge on any atom is 0.245 e. The zero-order chi connectivity index (χ0) is 12.3. The quantitative estimate of drug-likeness (QED) is 0.814. The van der Waals surface area contributed by atoms with Crippen LogP contribution in [-0.2, 0) is 4.79 Å². The van der Waals surface area contributed by atoms with Gasteiger partial charge in [-0.05, 0) is 12.5 Å². The van der Waals surface area contributed by atoms with E-state index in [-0.39, 0.29) is 11.9 Å². The topological polar surface area (TPSA) is 32.3 Å². The summed E-state index contributed by atoms with van der Waals surface area (Å²) in [7, 11) is 0. The highest BCUT2D eigenvalue weighted by Gasteiger charge is 2.28. The molecule has 1 aromatic rings. The molecule has 0 saturated carbocycles. The summed E-state index contributed by atoms with van der Waals surface area (Å²) in [6.07, 6.45) is 0. The number of benzene rings is 1. The van der Waals surface area contributed by atoms with Gasteiger partial charge < -0.3 is 10.2 Å². The molecule has 17 heavy (non-hydrogen) atoms. The highest BCUT2D eigenvalue weighted by Crippen LogP contribution is 2.23. The van der Waals surface area contributed by atoms with Crippen LogP contribution in [-0.4, -0.2) is 36.5 Å². The summed E-state index contributed by atoms with van der Waals surface area (Å²) in [6, 6.07) is 9.72. The largest absolute Gasteiger partial charge is 0.336 e. The first-order valence-corrected chi connectivity index (χ1v) is 6.34. The highest BCUT2D eigenvalue weighted by molar-refractivity contribution is 6.30. The normalized spacial score (nSPS) is 22.2. The molecule has 2 atom stereocenters. The van der Waals surface area contributed by atoms with E-state index in [4.69, 9.17) is 11.6 Å². The molecular weight excluding hydrogens is 236 g/mol. The third kappa shape index (κ3) is 2.79. The molecule has 4 heteroatoms. The second-order valence-electron chi connectivity index (χ2n) is 4.36. The molecule has 1 aliphatic rings. The molecule has 2 unspecified atom stereocenters. The zero-order valence-electron chi connectivity index (χ0n) is 9.90. The number of nitrogens with one attached hydrogen (secondary N) is 1. The summed E-state index contributed by atoms with van der Waals surface area (Å²) in [6.45, 7) is 4.45. The molecule has 1 fully saturated rings. The Balaban J connectivity index is 2.09. The van der Waals surface area contributed by atoms with Crippen LogP contribution in [0.3, 0.4) is 0 Å². The monoisotopic (exact) mass is 252 g/mol. The van der Waals surface area contributed by atoms with Gasteiger partial charge in [-0.25, -0.2) is 0 Å². The third-order valence-electron chi connectivity index (χ3n) is 3.09. The molecule has 1 heterocycles. The van der Waals surface area contributed by atoms with Crippen LogP contribution in [0, 0.1) is 0 Å². The van der Waals surface area contributed by atoms with E-state index in [0.29, 0.717) is 0 Å². The van der Waals surface area contributed by atoms with Crippen molar-refractivity contribution >= 4 is 17.5 Å². The van der Waals surface area contributed by atoms with Crippen molar-refractivity contribution in [3.05, 3.63) is 35.9 Å². The van der Waals surface area contributed by atoms with E-state index < -0.39 is 5.38 Å². The molecule has 3 nitrogen and oxygen atoms in total. The first kappa shape index (κ1) is 12.4. The van der Waals surface area contributed by atoms with E-state index in [1.165, 1.54) is 0 Å². The average molecular weight is 253 g/mol. The first-order chi connectivity index (χ1) is 8.20. The molecule has 1 aliphatic heterocycles. The van der Waals surface area contributed by atoms with E-state index in [0.717, 1.165) is 25.2 Å². The van der Waals surface area contributed by atoms with Gasteiger partial charge in [0.1, 0.15) is 5.38 Å². The molecule has 1 amide bonds. The Labute approximate surface area is 107 Å². The Morgan fingerprint density at radius 3 is 2.82 bits per heavy atom. The van der Waals surface area contributed by atoms with E-state index in [2.05, 4.69) is 5.32 Å². The van der Waals surface area contributed by atoms with E-state index >= 15 is 0 Å². The van der Waals surface area contributed by atoms with Gasteiger partial charge in [-0.1, -0.05) is 30.3 Å². The minimum Gasteiger partial charge on any atom is -0.336 e. The molecule has 0 radical (unpaired) electrons. The summed E-state index contributed by atoms with van der Waals surface area (Å²) in [4.78, 5) is 14.1. The first-order valence-electron chi connectivity index (χ1n) is 5.90. The van der Waals surface area contributed by atoms with Crippen LogP contribution in [0.25, 0.3) is 0 Å². The fourth-order valence-corrected chi connectivity index (χ4v) is 2.35. The van der Waals surface area contributed by atoms with Gasteiger partial charge in [0.25, 0.3) is 0 Å². The van der Waals surface area contributed by atoms with Crippen molar-refractivity contribution in [2.75, 3.05) is 19.6 Å². The fourth-order valence-electron chi connectivity index (χ4n) is 2.08. The van der Waals surface area contributed by atoms with Crippen LogP contribution in [0.15, 0.2) is 30.3 Å². The van der Waals surface area contributed by atoms with E-state index in [9.17, 15) is 4.79 Å². The predicted octanol–water partition coefficient (Wildman–Crippen LogP) is 1.79. The summed E-state index contributed by atoms with van der Waals surface area (Å²) in [5, 5.41) is 2.69. The maximum atomic E-state index is 12.3. The van der Waals surface area contributed by atoms with Crippen molar-refractivity contribution in [2.24, 2.45) is 0 Å². The summed E-state index contributed by atoms with van der Waals surface area (Å²) < 4.78 is 0. The van der Waals surface area contributed by atoms with Crippen molar-refractivity contribution in [3.63, 3.8) is 0 Å². The number of carbonyl (C=O) groups is 1. The molecular formula is C13H17ClN2O. The minimum atomic E-state index is -0.572. The number of nitrogens with zero attached hydrogens (tertiary/aromatic N) is 1. The van der Waals surface area contributed by atoms with Crippen LogP contribution in [0.1, 0.15) is 17.9 Å². The molecule has 2 rings (SSSR count). The van der Waals surface area contributed by atoms with E-state index in [1.807, 2.05) is 42.2 Å². The average Bonchev–Trinajstić information content (AvgIpc) is 2.39. The summed E-state index contributed by atoms with van der Waals surface area (Å²) in [5.41, 5.74) is 0.866. The fraction of sp³-hybridized carbons (Fsp3) is 0.462. The van der Waals surface area contributed by atoms with Crippen molar-refractivity contribution in [2.45, 2.75) is 18.3 Å². The highest BCUT2D eigenvalue weighted by atomic mass is 35.5. The number of halogens is 1. The smallest absolute Gasteiger partial charge is 0.245 e. The van der Waals surface area contributed by atoms with Gasteiger partial charge in [-0.15, -0.1) is 11.6 Å². The van der Waals surface area contributed by atoms with Gasteiger partial charge in [-0.3, -0.25) is 4.79 Å². The molecule has 0 spiro atoms. The lowest BCUT2D eigenvalue weighted by molar-refractivity contribution is -0.133. The van der Waals surface area contributed by atoms with Gasteiger partial charge in [-0.2, -0.15) is 0 Å². The summed E-state index contributed by atoms with van der Waals surface area (Å²) >= 11 is 6.24. The predicted molar refractivity (Wildman–Crippen MR) is 69.1 cm³/mol. The lowest BCUT2D eigenvalue weighted by Gasteiger charge is -2.35. The molecule has 1 N–H and O–H groups in total. The molecule has 0 aromatic heterocycles. The van der Waals surface area contributed by atoms with Crippen LogP contribution in [0.5, 0.6) is 0 Å². The van der Waals surface area contributed by atoms with Gasteiger partial charge in [0.15, 0.2) is 0 Å². The maximum absolute atomic E-state index is 12.3. The lowest BCUT2D eigenvalue weighted by Crippen LogP contribution is -2.53. The molecule has 92 valence electrons. The Morgan fingerprint density at radius 2 is 2.18 bits per heavy atom. The molecule has 0 bridgehead atoms. The van der Waals surface area contributed by atoms with Gasteiger partial charge >= 0.3 is 0 Å². The standard InChI is InChI=1S/C13H17ClN2O/c1-10-9-15-7-8-16(10)13(17)12(14)11-5-3-2-4-6-11/h2-6,10,12,15H,7-9H2,1H3. The second kappa shape index (κ2) is 5.52. The van der Waals surface area contributed by atoms with Gasteiger partial charge in [0.05, 0.1) is 0 Å². The Hall–Kier alpha value is -1.06. The Kier molecular flexibility index (Phi) is 4.02.